The Morgan fingerprint density at radius 2 is 2.14 bits per heavy atom. The quantitative estimate of drug-likeness (QED) is 0.484. The van der Waals surface area contributed by atoms with Crippen molar-refractivity contribution < 1.29 is 13.2 Å². The summed E-state index contributed by atoms with van der Waals surface area (Å²) in [7, 11) is -3.42. The van der Waals surface area contributed by atoms with E-state index in [9.17, 15) is 13.2 Å². The predicted octanol–water partition coefficient (Wildman–Crippen LogP) is 2.84. The highest BCUT2D eigenvalue weighted by Crippen LogP contribution is 2.29. The number of sulfonamides is 1. The number of amides is 1. The van der Waals surface area contributed by atoms with Gasteiger partial charge >= 0.3 is 0 Å². The number of anilines is 1. The molecular formula is C18H21N5O3S3. The van der Waals surface area contributed by atoms with Crippen molar-refractivity contribution in [3.8, 4) is 6.07 Å². The number of rotatable bonds is 8. The predicted molar refractivity (Wildman–Crippen MR) is 113 cm³/mol. The van der Waals surface area contributed by atoms with Crippen molar-refractivity contribution >= 4 is 44.2 Å². The second-order valence-electron chi connectivity index (χ2n) is 6.54. The van der Waals surface area contributed by atoms with Gasteiger partial charge in [-0.1, -0.05) is 42.2 Å². The van der Waals surface area contributed by atoms with Crippen LogP contribution >= 0.6 is 23.1 Å². The van der Waals surface area contributed by atoms with Crippen LogP contribution in [-0.2, 0) is 20.6 Å². The van der Waals surface area contributed by atoms with Gasteiger partial charge in [-0.25, -0.2) is 8.42 Å². The second kappa shape index (κ2) is 9.67. The minimum Gasteiger partial charge on any atom is -0.299 e. The SMILES string of the molecule is CCCS(=O)(=O)N1CCCC1C(=O)Nc1nnc(SCc2ccc(C#N)cc2)s1. The number of nitrogens with one attached hydrogen (secondary N) is 1. The number of nitrogens with zero attached hydrogens (tertiary/aromatic N) is 4. The molecule has 1 fully saturated rings. The van der Waals surface area contributed by atoms with Crippen molar-refractivity contribution in [3.63, 3.8) is 0 Å². The first-order chi connectivity index (χ1) is 13.9. The molecule has 154 valence electrons. The van der Waals surface area contributed by atoms with Gasteiger partial charge in [0.15, 0.2) is 4.34 Å². The molecule has 3 rings (SSSR count). The van der Waals surface area contributed by atoms with E-state index >= 15 is 0 Å². The number of carbonyl (C=O) groups excluding carboxylic acids is 1. The van der Waals surface area contributed by atoms with Crippen LogP contribution in [0.3, 0.4) is 0 Å². The molecule has 11 heteroatoms. The van der Waals surface area contributed by atoms with Gasteiger partial charge in [0.2, 0.25) is 21.1 Å². The van der Waals surface area contributed by atoms with Crippen molar-refractivity contribution in [2.75, 3.05) is 17.6 Å². The summed E-state index contributed by atoms with van der Waals surface area (Å²) in [5.41, 5.74) is 1.67. The van der Waals surface area contributed by atoms with Crippen LogP contribution in [0.5, 0.6) is 0 Å². The smallest absolute Gasteiger partial charge is 0.244 e. The summed E-state index contributed by atoms with van der Waals surface area (Å²) in [6.07, 6.45) is 1.69. The number of hydrogen-bond acceptors (Lipinski definition) is 8. The Labute approximate surface area is 178 Å². The summed E-state index contributed by atoms with van der Waals surface area (Å²) < 4.78 is 26.7. The molecule has 1 saturated heterocycles. The molecule has 1 N–H and O–H groups in total. The Morgan fingerprint density at radius 1 is 1.38 bits per heavy atom. The third kappa shape index (κ3) is 5.54. The summed E-state index contributed by atoms with van der Waals surface area (Å²) in [6, 6.07) is 8.70. The van der Waals surface area contributed by atoms with Crippen molar-refractivity contribution in [2.24, 2.45) is 0 Å². The van der Waals surface area contributed by atoms with E-state index < -0.39 is 16.1 Å². The standard InChI is InChI=1S/C18H21N5O3S3/c1-2-10-29(25,26)23-9-3-4-15(23)16(24)20-17-21-22-18(28-17)27-12-14-7-5-13(11-19)6-8-14/h5-8,15H,2-4,9-10,12H2,1H3,(H,20,21,24). The Kier molecular flexibility index (Phi) is 7.23. The van der Waals surface area contributed by atoms with Gasteiger partial charge in [-0.05, 0) is 37.0 Å². The van der Waals surface area contributed by atoms with Crippen LogP contribution in [0.25, 0.3) is 0 Å². The number of benzene rings is 1. The maximum absolute atomic E-state index is 12.6. The number of hydrogen-bond donors (Lipinski definition) is 1. The Hall–Kier alpha value is -2.00. The van der Waals surface area contributed by atoms with E-state index in [2.05, 4.69) is 21.6 Å². The molecule has 1 atom stereocenters. The Balaban J connectivity index is 1.57. The van der Waals surface area contributed by atoms with E-state index in [1.165, 1.54) is 27.4 Å². The zero-order valence-electron chi connectivity index (χ0n) is 15.9. The lowest BCUT2D eigenvalue weighted by Crippen LogP contribution is -2.44. The molecule has 0 radical (unpaired) electrons. The molecule has 1 aromatic carbocycles. The Bertz CT molecular complexity index is 998. The number of thioether (sulfide) groups is 1. The summed E-state index contributed by atoms with van der Waals surface area (Å²) in [6.45, 7) is 2.18. The van der Waals surface area contributed by atoms with Gasteiger partial charge in [0.25, 0.3) is 0 Å². The highest BCUT2D eigenvalue weighted by Gasteiger charge is 2.38. The molecule has 29 heavy (non-hydrogen) atoms. The summed E-state index contributed by atoms with van der Waals surface area (Å²) in [5.74, 6) is 0.355. The zero-order chi connectivity index (χ0) is 20.9. The Morgan fingerprint density at radius 3 is 2.83 bits per heavy atom. The minimum atomic E-state index is -3.42. The maximum atomic E-state index is 12.6. The lowest BCUT2D eigenvalue weighted by molar-refractivity contribution is -0.119. The highest BCUT2D eigenvalue weighted by molar-refractivity contribution is 8.00. The van der Waals surface area contributed by atoms with Crippen molar-refractivity contribution in [1.29, 1.82) is 5.26 Å². The van der Waals surface area contributed by atoms with Crippen molar-refractivity contribution in [1.82, 2.24) is 14.5 Å². The molecule has 1 aliphatic heterocycles. The number of nitriles is 1. The zero-order valence-corrected chi connectivity index (χ0v) is 18.3. The van der Waals surface area contributed by atoms with Gasteiger partial charge < -0.3 is 0 Å². The van der Waals surface area contributed by atoms with E-state index in [4.69, 9.17) is 5.26 Å². The van der Waals surface area contributed by atoms with Gasteiger partial charge in [0.05, 0.1) is 17.4 Å². The van der Waals surface area contributed by atoms with Gasteiger partial charge in [-0.15, -0.1) is 10.2 Å². The third-order valence-electron chi connectivity index (χ3n) is 4.41. The first-order valence-corrected chi connectivity index (χ1v) is 12.6. The molecule has 0 saturated carbocycles. The monoisotopic (exact) mass is 451 g/mol. The fourth-order valence-corrected chi connectivity index (χ4v) is 6.50. The van der Waals surface area contributed by atoms with Gasteiger partial charge in [-0.2, -0.15) is 9.57 Å². The molecule has 1 aliphatic rings. The normalized spacial score (nSPS) is 17.2. The fourth-order valence-electron chi connectivity index (χ4n) is 3.04. The topological polar surface area (TPSA) is 116 Å². The average molecular weight is 452 g/mol. The average Bonchev–Trinajstić information content (AvgIpc) is 3.37. The van der Waals surface area contributed by atoms with Crippen LogP contribution in [0.2, 0.25) is 0 Å². The van der Waals surface area contributed by atoms with Crippen LogP contribution in [0.1, 0.15) is 37.3 Å². The summed E-state index contributed by atoms with van der Waals surface area (Å²) in [4.78, 5) is 12.6. The van der Waals surface area contributed by atoms with Crippen LogP contribution in [-0.4, -0.2) is 47.2 Å². The molecule has 2 heterocycles. The van der Waals surface area contributed by atoms with E-state index in [0.29, 0.717) is 46.6 Å². The largest absolute Gasteiger partial charge is 0.299 e. The van der Waals surface area contributed by atoms with Crippen LogP contribution in [0, 0.1) is 11.3 Å². The highest BCUT2D eigenvalue weighted by atomic mass is 32.2. The van der Waals surface area contributed by atoms with Crippen LogP contribution < -0.4 is 5.32 Å². The van der Waals surface area contributed by atoms with Gasteiger partial charge in [0, 0.05) is 12.3 Å². The fraction of sp³-hybridized carbons (Fsp3) is 0.444. The molecule has 2 aromatic rings. The molecule has 0 bridgehead atoms. The summed E-state index contributed by atoms with van der Waals surface area (Å²) in [5, 5.41) is 20.0. The van der Waals surface area contributed by atoms with E-state index in [0.717, 1.165) is 5.56 Å². The van der Waals surface area contributed by atoms with Gasteiger partial charge in [-0.3, -0.25) is 10.1 Å². The first-order valence-electron chi connectivity index (χ1n) is 9.18. The van der Waals surface area contributed by atoms with Crippen LogP contribution in [0.15, 0.2) is 28.6 Å². The summed E-state index contributed by atoms with van der Waals surface area (Å²) >= 11 is 2.74. The van der Waals surface area contributed by atoms with Gasteiger partial charge in [0.1, 0.15) is 6.04 Å². The van der Waals surface area contributed by atoms with E-state index in [1.807, 2.05) is 12.1 Å². The van der Waals surface area contributed by atoms with Crippen LogP contribution in [0.4, 0.5) is 5.13 Å². The van der Waals surface area contributed by atoms with Crippen molar-refractivity contribution in [2.45, 2.75) is 42.3 Å². The molecule has 1 unspecified atom stereocenters. The number of aromatic nitrogens is 2. The third-order valence-corrected chi connectivity index (χ3v) is 8.53. The maximum Gasteiger partial charge on any atom is 0.244 e. The lowest BCUT2D eigenvalue weighted by atomic mass is 10.2. The number of carbonyl (C=O) groups is 1. The van der Waals surface area contributed by atoms with E-state index in [1.54, 1.807) is 19.1 Å². The molecule has 1 aromatic heterocycles. The lowest BCUT2D eigenvalue weighted by Gasteiger charge is -2.22. The second-order valence-corrected chi connectivity index (χ2v) is 10.8. The molecule has 0 spiro atoms. The molecule has 1 amide bonds. The van der Waals surface area contributed by atoms with Crippen molar-refractivity contribution in [3.05, 3.63) is 35.4 Å². The molecule has 0 aliphatic carbocycles. The first kappa shape index (κ1) is 21.7. The van der Waals surface area contributed by atoms with E-state index in [-0.39, 0.29) is 11.7 Å². The minimum absolute atomic E-state index is 0.0473. The molecule has 8 nitrogen and oxygen atoms in total. The molecular weight excluding hydrogens is 430 g/mol.